The van der Waals surface area contributed by atoms with Crippen LogP contribution < -0.4 is 0 Å². The van der Waals surface area contributed by atoms with Gasteiger partial charge in [0, 0.05) is 37.9 Å². The third kappa shape index (κ3) is 4.67. The maximum Gasteiger partial charge on any atom is 0.179 e. The first kappa shape index (κ1) is 23.4. The topological polar surface area (TPSA) is 45.5 Å². The second kappa shape index (κ2) is 10.4. The fraction of sp³-hybridized carbons (Fsp3) is 0.375. The van der Waals surface area contributed by atoms with Gasteiger partial charge < -0.3 is 18.8 Å². The van der Waals surface area contributed by atoms with Gasteiger partial charge in [-0.3, -0.25) is 0 Å². The summed E-state index contributed by atoms with van der Waals surface area (Å²) < 4.78 is 34.7. The van der Waals surface area contributed by atoms with Crippen molar-refractivity contribution in [1.29, 1.82) is 0 Å². The first-order valence-corrected chi connectivity index (χ1v) is 10.3. The number of benzene rings is 2. The number of ether oxygens (including phenoxy) is 3. The van der Waals surface area contributed by atoms with Crippen LogP contribution in [0.3, 0.4) is 0 Å². The summed E-state index contributed by atoms with van der Waals surface area (Å²) >= 11 is 0. The molecule has 0 N–H and O–H groups in total. The molecule has 3 aromatic rings. The van der Waals surface area contributed by atoms with Crippen LogP contribution in [0.1, 0.15) is 36.2 Å². The largest absolute Gasteiger partial charge is 0.380 e. The molecule has 0 spiro atoms. The Balaban J connectivity index is 0.00000272. The molecule has 2 atom stereocenters. The number of aromatic nitrogens is 2. The molecule has 2 unspecified atom stereocenters. The smallest absolute Gasteiger partial charge is 0.179 e. The molecule has 1 saturated heterocycles. The third-order valence-corrected chi connectivity index (χ3v) is 5.79. The van der Waals surface area contributed by atoms with Crippen molar-refractivity contribution in [2.24, 2.45) is 0 Å². The van der Waals surface area contributed by atoms with Crippen molar-refractivity contribution in [3.8, 4) is 5.69 Å². The highest BCUT2D eigenvalue weighted by Crippen LogP contribution is 2.40. The van der Waals surface area contributed by atoms with Crippen molar-refractivity contribution >= 4 is 12.4 Å². The fourth-order valence-corrected chi connectivity index (χ4v) is 4.16. The summed E-state index contributed by atoms with van der Waals surface area (Å²) in [5.74, 6) is -0.608. The Bertz CT molecular complexity index is 996. The minimum absolute atomic E-state index is 0. The Morgan fingerprint density at radius 2 is 1.97 bits per heavy atom. The Morgan fingerprint density at radius 1 is 1.19 bits per heavy atom. The number of methoxy groups -OCH3 is 1. The van der Waals surface area contributed by atoms with Gasteiger partial charge in [0.1, 0.15) is 11.6 Å². The standard InChI is InChI=1S/C24H27FN2O3.ClH/c1-3-23-26-13-14-27(23)22-11-7-4-8-18(22)16-30-24(28-2)12-15-29-17-20(24)19-9-5-6-10-21(19)25;/h4-11,13-14,20H,3,12,15-17H2,1-2H3;1H. The summed E-state index contributed by atoms with van der Waals surface area (Å²) in [5, 5.41) is 0. The monoisotopic (exact) mass is 446 g/mol. The van der Waals surface area contributed by atoms with Gasteiger partial charge in [-0.15, -0.1) is 12.4 Å². The van der Waals surface area contributed by atoms with Gasteiger partial charge in [-0.2, -0.15) is 0 Å². The van der Waals surface area contributed by atoms with Gasteiger partial charge >= 0.3 is 0 Å². The molecule has 1 fully saturated rings. The number of para-hydroxylation sites is 1. The quantitative estimate of drug-likeness (QED) is 0.476. The van der Waals surface area contributed by atoms with Crippen molar-refractivity contribution in [2.45, 2.75) is 38.1 Å². The highest BCUT2D eigenvalue weighted by molar-refractivity contribution is 5.85. The first-order valence-electron chi connectivity index (χ1n) is 10.3. The Labute approximate surface area is 188 Å². The Morgan fingerprint density at radius 3 is 2.74 bits per heavy atom. The van der Waals surface area contributed by atoms with Crippen LogP contribution in [0.5, 0.6) is 0 Å². The fourth-order valence-electron chi connectivity index (χ4n) is 4.16. The predicted octanol–water partition coefficient (Wildman–Crippen LogP) is 5.06. The number of hydrogen-bond acceptors (Lipinski definition) is 4. The van der Waals surface area contributed by atoms with Crippen LogP contribution in [0.25, 0.3) is 5.69 Å². The van der Waals surface area contributed by atoms with Crippen LogP contribution in [0.15, 0.2) is 60.9 Å². The van der Waals surface area contributed by atoms with E-state index in [1.807, 2.05) is 30.5 Å². The number of rotatable bonds is 7. The van der Waals surface area contributed by atoms with E-state index < -0.39 is 5.79 Å². The maximum absolute atomic E-state index is 14.6. The van der Waals surface area contributed by atoms with Gasteiger partial charge in [0.25, 0.3) is 0 Å². The van der Waals surface area contributed by atoms with E-state index in [9.17, 15) is 4.39 Å². The lowest BCUT2D eigenvalue weighted by atomic mass is 9.86. The van der Waals surface area contributed by atoms with Crippen molar-refractivity contribution < 1.29 is 18.6 Å². The Kier molecular flexibility index (Phi) is 7.84. The molecule has 1 aromatic heterocycles. The van der Waals surface area contributed by atoms with Crippen LogP contribution in [-0.4, -0.2) is 35.7 Å². The van der Waals surface area contributed by atoms with Gasteiger partial charge in [-0.1, -0.05) is 43.3 Å². The molecule has 4 rings (SSSR count). The normalized spacial score (nSPS) is 20.9. The van der Waals surface area contributed by atoms with Gasteiger partial charge in [-0.05, 0) is 17.7 Å². The maximum atomic E-state index is 14.6. The first-order chi connectivity index (χ1) is 14.7. The summed E-state index contributed by atoms with van der Waals surface area (Å²) in [5.41, 5.74) is 2.59. The molecular formula is C24H28ClFN2O3. The average molecular weight is 447 g/mol. The number of imidazole rings is 1. The van der Waals surface area contributed by atoms with Crippen LogP contribution in [0.2, 0.25) is 0 Å². The molecular weight excluding hydrogens is 419 g/mol. The summed E-state index contributed by atoms with van der Waals surface area (Å²) in [7, 11) is 1.62. The van der Waals surface area contributed by atoms with Crippen molar-refractivity contribution in [1.82, 2.24) is 9.55 Å². The Hall–Kier alpha value is -2.25. The molecule has 2 heterocycles. The highest BCUT2D eigenvalue weighted by atomic mass is 35.5. The molecule has 0 aliphatic carbocycles. The highest BCUT2D eigenvalue weighted by Gasteiger charge is 2.45. The summed E-state index contributed by atoms with van der Waals surface area (Å²) in [4.78, 5) is 4.43. The zero-order chi connectivity index (χ0) is 21.0. The lowest BCUT2D eigenvalue weighted by Crippen LogP contribution is -2.48. The molecule has 1 aliphatic heterocycles. The molecule has 7 heteroatoms. The molecule has 166 valence electrons. The lowest BCUT2D eigenvalue weighted by molar-refractivity contribution is -0.274. The molecule has 0 radical (unpaired) electrons. The van der Waals surface area contributed by atoms with E-state index in [4.69, 9.17) is 14.2 Å². The number of nitrogens with zero attached hydrogens (tertiary/aromatic N) is 2. The predicted molar refractivity (Wildman–Crippen MR) is 119 cm³/mol. The second-order valence-corrected chi connectivity index (χ2v) is 7.40. The third-order valence-electron chi connectivity index (χ3n) is 5.79. The van der Waals surface area contributed by atoms with Gasteiger partial charge in [-0.25, -0.2) is 9.37 Å². The summed E-state index contributed by atoms with van der Waals surface area (Å²) in [6, 6.07) is 14.8. The zero-order valence-corrected chi connectivity index (χ0v) is 18.6. The summed E-state index contributed by atoms with van der Waals surface area (Å²) in [6.07, 6.45) is 5.12. The van der Waals surface area contributed by atoms with E-state index in [0.717, 1.165) is 23.5 Å². The van der Waals surface area contributed by atoms with Crippen LogP contribution in [0, 0.1) is 5.82 Å². The lowest BCUT2D eigenvalue weighted by Gasteiger charge is -2.42. The molecule has 2 aromatic carbocycles. The average Bonchev–Trinajstić information content (AvgIpc) is 3.27. The molecule has 5 nitrogen and oxygen atoms in total. The van der Waals surface area contributed by atoms with Crippen molar-refractivity contribution in [3.63, 3.8) is 0 Å². The molecule has 31 heavy (non-hydrogen) atoms. The van der Waals surface area contributed by atoms with Crippen LogP contribution >= 0.6 is 12.4 Å². The number of halogens is 2. The number of aryl methyl sites for hydroxylation is 1. The van der Waals surface area contributed by atoms with E-state index in [1.165, 1.54) is 6.07 Å². The van der Waals surface area contributed by atoms with E-state index >= 15 is 0 Å². The van der Waals surface area contributed by atoms with Crippen LogP contribution in [0.4, 0.5) is 4.39 Å². The van der Waals surface area contributed by atoms with Gasteiger partial charge in [0.05, 0.1) is 31.4 Å². The van der Waals surface area contributed by atoms with Crippen molar-refractivity contribution in [2.75, 3.05) is 20.3 Å². The van der Waals surface area contributed by atoms with Crippen molar-refractivity contribution in [3.05, 3.63) is 83.7 Å². The van der Waals surface area contributed by atoms with Crippen LogP contribution in [-0.2, 0) is 27.2 Å². The molecule has 0 saturated carbocycles. The molecule has 0 bridgehead atoms. The van der Waals surface area contributed by atoms with Gasteiger partial charge in [0.2, 0.25) is 0 Å². The SMILES string of the molecule is CCc1nccn1-c1ccccc1COC1(OC)CCOCC1c1ccccc1F.Cl. The molecule has 0 amide bonds. The van der Waals surface area contributed by atoms with Gasteiger partial charge in [0.15, 0.2) is 5.79 Å². The number of hydrogen-bond donors (Lipinski definition) is 0. The summed E-state index contributed by atoms with van der Waals surface area (Å²) in [6.45, 7) is 3.26. The second-order valence-electron chi connectivity index (χ2n) is 7.40. The zero-order valence-electron chi connectivity index (χ0n) is 17.8. The van der Waals surface area contributed by atoms with E-state index in [-0.39, 0.29) is 24.1 Å². The minimum atomic E-state index is -0.962. The van der Waals surface area contributed by atoms with E-state index in [2.05, 4.69) is 22.5 Å². The van der Waals surface area contributed by atoms with E-state index in [1.54, 1.807) is 25.4 Å². The minimum Gasteiger partial charge on any atom is -0.380 e. The molecule has 1 aliphatic rings. The van der Waals surface area contributed by atoms with E-state index in [0.29, 0.717) is 31.8 Å².